The molecule has 0 saturated heterocycles. The van der Waals surface area contributed by atoms with Crippen molar-refractivity contribution in [2.75, 3.05) is 6.54 Å². The van der Waals surface area contributed by atoms with Crippen molar-refractivity contribution in [2.45, 2.75) is 18.4 Å². The number of amides is 1. The second-order valence-electron chi connectivity index (χ2n) is 6.95. The zero-order valence-corrected chi connectivity index (χ0v) is 14.5. The minimum atomic E-state index is -0.846. The normalized spacial score (nSPS) is 19.7. The fourth-order valence-corrected chi connectivity index (χ4v) is 3.53. The Morgan fingerprint density at radius 2 is 1.74 bits per heavy atom. The first kappa shape index (κ1) is 17.6. The van der Waals surface area contributed by atoms with E-state index in [2.05, 4.69) is 5.32 Å². The Balaban J connectivity index is 1.38. The minimum Gasteiger partial charge on any atom is -0.387 e. The highest BCUT2D eigenvalue weighted by Gasteiger charge is 2.46. The summed E-state index contributed by atoms with van der Waals surface area (Å²) in [6.07, 6.45) is -0.434. The van der Waals surface area contributed by atoms with Gasteiger partial charge in [0.2, 0.25) is 5.91 Å². The number of rotatable bonds is 5. The molecule has 3 aromatic carbocycles. The van der Waals surface area contributed by atoms with Crippen molar-refractivity contribution in [3.63, 3.8) is 0 Å². The molecule has 0 spiro atoms. The lowest BCUT2D eigenvalue weighted by Gasteiger charge is -2.13. The maximum atomic E-state index is 13.8. The van der Waals surface area contributed by atoms with E-state index in [0.717, 1.165) is 10.8 Å². The van der Waals surface area contributed by atoms with E-state index in [1.807, 2.05) is 42.5 Å². The van der Waals surface area contributed by atoms with E-state index in [1.165, 1.54) is 18.2 Å². The third kappa shape index (κ3) is 3.55. The number of hydrogen-bond acceptors (Lipinski definition) is 2. The highest BCUT2D eigenvalue weighted by atomic mass is 19.1. The topological polar surface area (TPSA) is 49.3 Å². The Bertz CT molecular complexity index is 984. The molecule has 1 amide bonds. The molecule has 3 aromatic rings. The fraction of sp³-hybridized carbons (Fsp3) is 0.227. The van der Waals surface area contributed by atoms with Gasteiger partial charge in [-0.25, -0.2) is 8.78 Å². The molecule has 4 rings (SSSR count). The van der Waals surface area contributed by atoms with Crippen LogP contribution in [0.5, 0.6) is 0 Å². The van der Waals surface area contributed by atoms with E-state index in [-0.39, 0.29) is 18.0 Å². The zero-order valence-electron chi connectivity index (χ0n) is 14.5. The van der Waals surface area contributed by atoms with Gasteiger partial charge in [-0.2, -0.15) is 0 Å². The van der Waals surface area contributed by atoms with Crippen LogP contribution in [0.3, 0.4) is 0 Å². The van der Waals surface area contributed by atoms with E-state index in [1.54, 1.807) is 0 Å². The SMILES string of the molecule is O=C(NCC(O)c1ccc2ccccc2c1)[C@@H]1C[C@H]1c1c(F)cccc1F. The number of hydrogen-bond donors (Lipinski definition) is 2. The average Bonchev–Trinajstić information content (AvgIpc) is 3.45. The molecule has 5 heteroatoms. The first-order valence-electron chi connectivity index (χ1n) is 8.93. The second-order valence-corrected chi connectivity index (χ2v) is 6.95. The van der Waals surface area contributed by atoms with Crippen molar-refractivity contribution < 1.29 is 18.7 Å². The number of benzene rings is 3. The van der Waals surface area contributed by atoms with E-state index in [9.17, 15) is 18.7 Å². The summed E-state index contributed by atoms with van der Waals surface area (Å²) < 4.78 is 27.7. The molecule has 1 aliphatic rings. The van der Waals surface area contributed by atoms with Crippen molar-refractivity contribution in [3.05, 3.63) is 83.4 Å². The number of carbonyl (C=O) groups is 1. The summed E-state index contributed by atoms with van der Waals surface area (Å²) in [5.74, 6) is -2.43. The lowest BCUT2D eigenvalue weighted by Crippen LogP contribution is -2.30. The first-order chi connectivity index (χ1) is 13.0. The summed E-state index contributed by atoms with van der Waals surface area (Å²) in [5.41, 5.74) is 0.689. The average molecular weight is 367 g/mol. The van der Waals surface area contributed by atoms with Gasteiger partial charge in [0.15, 0.2) is 0 Å². The monoisotopic (exact) mass is 367 g/mol. The van der Waals surface area contributed by atoms with Gasteiger partial charge in [-0.3, -0.25) is 4.79 Å². The molecule has 0 radical (unpaired) electrons. The Hall–Kier alpha value is -2.79. The summed E-state index contributed by atoms with van der Waals surface area (Å²) in [4.78, 5) is 12.3. The van der Waals surface area contributed by atoms with Gasteiger partial charge < -0.3 is 10.4 Å². The van der Waals surface area contributed by atoms with Crippen molar-refractivity contribution in [3.8, 4) is 0 Å². The third-order valence-corrected chi connectivity index (χ3v) is 5.13. The van der Waals surface area contributed by atoms with Crippen LogP contribution in [0.15, 0.2) is 60.7 Å². The van der Waals surface area contributed by atoms with Gasteiger partial charge in [0.05, 0.1) is 6.10 Å². The van der Waals surface area contributed by atoms with Crippen LogP contribution >= 0.6 is 0 Å². The minimum absolute atomic E-state index is 0.0206. The van der Waals surface area contributed by atoms with Crippen LogP contribution in [0.25, 0.3) is 10.8 Å². The summed E-state index contributed by atoms with van der Waals surface area (Å²) in [6.45, 7) is 0.0557. The molecular weight excluding hydrogens is 348 g/mol. The first-order valence-corrected chi connectivity index (χ1v) is 8.93. The largest absolute Gasteiger partial charge is 0.387 e. The zero-order chi connectivity index (χ0) is 19.0. The maximum absolute atomic E-state index is 13.8. The quantitative estimate of drug-likeness (QED) is 0.714. The predicted molar refractivity (Wildman–Crippen MR) is 99.1 cm³/mol. The Morgan fingerprint density at radius 1 is 1.04 bits per heavy atom. The number of halogens is 2. The molecule has 0 aliphatic heterocycles. The smallest absolute Gasteiger partial charge is 0.223 e. The summed E-state index contributed by atoms with van der Waals surface area (Å²) in [7, 11) is 0. The highest BCUT2D eigenvalue weighted by Crippen LogP contribution is 2.49. The van der Waals surface area contributed by atoms with Crippen molar-refractivity contribution in [1.29, 1.82) is 0 Å². The van der Waals surface area contributed by atoms with E-state index in [4.69, 9.17) is 0 Å². The van der Waals surface area contributed by atoms with Gasteiger partial charge in [-0.05, 0) is 41.0 Å². The lowest BCUT2D eigenvalue weighted by atomic mass is 10.0. The van der Waals surface area contributed by atoms with Gasteiger partial charge >= 0.3 is 0 Å². The van der Waals surface area contributed by atoms with Crippen LogP contribution in [-0.4, -0.2) is 17.6 Å². The molecule has 2 N–H and O–H groups in total. The van der Waals surface area contributed by atoms with Gasteiger partial charge in [0.1, 0.15) is 11.6 Å². The molecule has 0 bridgehead atoms. The lowest BCUT2D eigenvalue weighted by molar-refractivity contribution is -0.122. The molecule has 0 aromatic heterocycles. The standard InChI is InChI=1S/C22H19F2NO2/c23-18-6-3-7-19(24)21(18)16-11-17(16)22(27)25-12-20(26)15-9-8-13-4-1-2-5-14(13)10-15/h1-10,16-17,20,26H,11-12H2,(H,25,27)/t16-,17-,20?/m1/s1. The predicted octanol–water partition coefficient (Wildman–Crippen LogP) is 4.07. The summed E-state index contributed by atoms with van der Waals surface area (Å²) in [6, 6.07) is 17.2. The highest BCUT2D eigenvalue weighted by molar-refractivity contribution is 5.84. The van der Waals surface area contributed by atoms with E-state index in [0.29, 0.717) is 12.0 Å². The van der Waals surface area contributed by atoms with Gasteiger partial charge in [-0.1, -0.05) is 42.5 Å². The van der Waals surface area contributed by atoms with Gasteiger partial charge in [-0.15, -0.1) is 0 Å². The molecule has 1 unspecified atom stereocenters. The Morgan fingerprint density at radius 3 is 2.48 bits per heavy atom. The molecule has 1 aliphatic carbocycles. The second kappa shape index (κ2) is 7.08. The number of aliphatic hydroxyl groups excluding tert-OH is 1. The molecule has 1 fully saturated rings. The van der Waals surface area contributed by atoms with Crippen LogP contribution in [0, 0.1) is 17.6 Å². The molecular formula is C22H19F2NO2. The maximum Gasteiger partial charge on any atom is 0.223 e. The van der Waals surface area contributed by atoms with Crippen LogP contribution in [-0.2, 0) is 4.79 Å². The van der Waals surface area contributed by atoms with Crippen molar-refractivity contribution in [2.24, 2.45) is 5.92 Å². The van der Waals surface area contributed by atoms with E-state index >= 15 is 0 Å². The van der Waals surface area contributed by atoms with Crippen LogP contribution in [0.1, 0.15) is 29.6 Å². The summed E-state index contributed by atoms with van der Waals surface area (Å²) >= 11 is 0. The number of carbonyl (C=O) groups excluding carboxylic acids is 1. The molecule has 27 heavy (non-hydrogen) atoms. The Labute approximate surface area is 155 Å². The number of aliphatic hydroxyl groups is 1. The number of fused-ring (bicyclic) bond motifs is 1. The van der Waals surface area contributed by atoms with Gasteiger partial charge in [0.25, 0.3) is 0 Å². The van der Waals surface area contributed by atoms with Crippen LogP contribution in [0.2, 0.25) is 0 Å². The van der Waals surface area contributed by atoms with Crippen LogP contribution in [0.4, 0.5) is 8.78 Å². The molecule has 3 nitrogen and oxygen atoms in total. The van der Waals surface area contributed by atoms with Crippen LogP contribution < -0.4 is 5.32 Å². The van der Waals surface area contributed by atoms with Crippen molar-refractivity contribution >= 4 is 16.7 Å². The molecule has 1 saturated carbocycles. The molecule has 0 heterocycles. The summed E-state index contributed by atoms with van der Waals surface area (Å²) in [5, 5.41) is 15.1. The van der Waals surface area contributed by atoms with Crippen molar-refractivity contribution in [1.82, 2.24) is 5.32 Å². The Kier molecular flexibility index (Phi) is 4.62. The van der Waals surface area contributed by atoms with Gasteiger partial charge in [0, 0.05) is 23.9 Å². The third-order valence-electron chi connectivity index (χ3n) is 5.13. The van der Waals surface area contributed by atoms with E-state index < -0.39 is 29.6 Å². The molecule has 138 valence electrons. The fourth-order valence-electron chi connectivity index (χ4n) is 3.53. The number of nitrogens with one attached hydrogen (secondary N) is 1. The molecule has 3 atom stereocenters.